The van der Waals surface area contributed by atoms with E-state index in [1.807, 2.05) is 20.0 Å². The number of rotatable bonds is 4. The van der Waals surface area contributed by atoms with Crippen LogP contribution < -0.4 is 0 Å². The highest BCUT2D eigenvalue weighted by molar-refractivity contribution is 4.87. The fourth-order valence-corrected chi connectivity index (χ4v) is 1.20. The molecule has 0 radical (unpaired) electrons. The van der Waals surface area contributed by atoms with Crippen molar-refractivity contribution in [3.8, 4) is 0 Å². The predicted octanol–water partition coefficient (Wildman–Crippen LogP) is 1.35. The zero-order valence-corrected chi connectivity index (χ0v) is 7.70. The Morgan fingerprint density at radius 2 is 2.42 bits per heavy atom. The van der Waals surface area contributed by atoms with Crippen molar-refractivity contribution in [1.29, 1.82) is 0 Å². The molecular formula is C9H16N2O. The van der Waals surface area contributed by atoms with Gasteiger partial charge in [-0.25, -0.2) is 4.98 Å². The summed E-state index contributed by atoms with van der Waals surface area (Å²) in [5.41, 5.74) is 0. The molecule has 0 bridgehead atoms. The first-order valence-electron chi connectivity index (χ1n) is 4.36. The molecule has 1 rings (SSSR count). The maximum absolute atomic E-state index is 9.03. The molecule has 1 heterocycles. The van der Waals surface area contributed by atoms with Gasteiger partial charge in [-0.3, -0.25) is 0 Å². The van der Waals surface area contributed by atoms with Gasteiger partial charge < -0.3 is 9.67 Å². The average Bonchev–Trinajstić information content (AvgIpc) is 2.36. The highest BCUT2D eigenvalue weighted by atomic mass is 16.3. The number of hydrogen-bond donors (Lipinski definition) is 1. The molecule has 0 aliphatic rings. The Bertz CT molecular complexity index is 230. The summed E-state index contributed by atoms with van der Waals surface area (Å²) in [6.45, 7) is 4.76. The van der Waals surface area contributed by atoms with E-state index in [-0.39, 0.29) is 6.10 Å². The second-order valence-electron chi connectivity index (χ2n) is 3.16. The summed E-state index contributed by atoms with van der Waals surface area (Å²) in [5, 5.41) is 9.03. The Hall–Kier alpha value is -0.830. The summed E-state index contributed by atoms with van der Waals surface area (Å²) in [4.78, 5) is 4.11. The fraction of sp³-hybridized carbons (Fsp3) is 0.667. The van der Waals surface area contributed by atoms with Crippen molar-refractivity contribution >= 4 is 0 Å². The summed E-state index contributed by atoms with van der Waals surface area (Å²) >= 11 is 0. The van der Waals surface area contributed by atoms with Crippen LogP contribution in [0, 0.1) is 6.92 Å². The molecule has 0 fully saturated rings. The van der Waals surface area contributed by atoms with Gasteiger partial charge in [-0.1, -0.05) is 0 Å². The summed E-state index contributed by atoms with van der Waals surface area (Å²) in [5.74, 6) is 1.04. The van der Waals surface area contributed by atoms with Crippen LogP contribution in [0.25, 0.3) is 0 Å². The molecule has 1 aromatic heterocycles. The van der Waals surface area contributed by atoms with Crippen molar-refractivity contribution in [3.05, 3.63) is 18.2 Å². The number of imidazole rings is 1. The van der Waals surface area contributed by atoms with E-state index in [0.29, 0.717) is 0 Å². The molecule has 0 amide bonds. The number of aromatic nitrogens is 2. The molecule has 1 atom stereocenters. The molecular weight excluding hydrogens is 152 g/mol. The first kappa shape index (κ1) is 9.26. The number of aliphatic hydroxyl groups is 1. The Kier molecular flexibility index (Phi) is 3.29. The molecule has 0 saturated carbocycles. The van der Waals surface area contributed by atoms with Crippen LogP contribution in [0.4, 0.5) is 0 Å². The van der Waals surface area contributed by atoms with Gasteiger partial charge in [0, 0.05) is 18.9 Å². The number of aliphatic hydroxyl groups excluding tert-OH is 1. The molecule has 1 unspecified atom stereocenters. The Labute approximate surface area is 73.1 Å². The minimum absolute atomic E-state index is 0.186. The van der Waals surface area contributed by atoms with Gasteiger partial charge in [0.25, 0.3) is 0 Å². The number of hydrogen-bond acceptors (Lipinski definition) is 2. The van der Waals surface area contributed by atoms with Crippen LogP contribution in [-0.2, 0) is 6.54 Å². The molecule has 1 aromatic rings. The van der Waals surface area contributed by atoms with Crippen LogP contribution in [0.15, 0.2) is 12.4 Å². The van der Waals surface area contributed by atoms with Crippen LogP contribution in [0.2, 0.25) is 0 Å². The second kappa shape index (κ2) is 4.26. The van der Waals surface area contributed by atoms with E-state index in [2.05, 4.69) is 9.55 Å². The zero-order chi connectivity index (χ0) is 8.97. The lowest BCUT2D eigenvalue weighted by atomic mass is 10.2. The van der Waals surface area contributed by atoms with Crippen molar-refractivity contribution < 1.29 is 5.11 Å². The smallest absolute Gasteiger partial charge is 0.105 e. The molecule has 0 aliphatic heterocycles. The van der Waals surface area contributed by atoms with E-state index < -0.39 is 0 Å². The van der Waals surface area contributed by atoms with Crippen LogP contribution in [0.3, 0.4) is 0 Å². The molecule has 0 aromatic carbocycles. The third kappa shape index (κ3) is 2.66. The van der Waals surface area contributed by atoms with E-state index in [1.54, 1.807) is 6.20 Å². The van der Waals surface area contributed by atoms with Gasteiger partial charge in [-0.2, -0.15) is 0 Å². The van der Waals surface area contributed by atoms with Crippen molar-refractivity contribution in [3.63, 3.8) is 0 Å². The molecule has 3 heteroatoms. The lowest BCUT2D eigenvalue weighted by Crippen LogP contribution is -2.04. The van der Waals surface area contributed by atoms with Crippen LogP contribution >= 0.6 is 0 Å². The Balaban J connectivity index is 2.29. The van der Waals surface area contributed by atoms with Gasteiger partial charge in [-0.15, -0.1) is 0 Å². The first-order chi connectivity index (χ1) is 5.70. The van der Waals surface area contributed by atoms with Crippen molar-refractivity contribution in [2.45, 2.75) is 39.3 Å². The summed E-state index contributed by atoms with van der Waals surface area (Å²) < 4.78 is 2.10. The lowest BCUT2D eigenvalue weighted by Gasteiger charge is -2.05. The maximum Gasteiger partial charge on any atom is 0.105 e. The van der Waals surface area contributed by atoms with E-state index in [1.165, 1.54) is 0 Å². The average molecular weight is 168 g/mol. The molecule has 68 valence electrons. The van der Waals surface area contributed by atoms with Gasteiger partial charge >= 0.3 is 0 Å². The molecule has 1 N–H and O–H groups in total. The minimum atomic E-state index is -0.186. The molecule has 3 nitrogen and oxygen atoms in total. The van der Waals surface area contributed by atoms with Crippen LogP contribution in [0.1, 0.15) is 25.6 Å². The van der Waals surface area contributed by atoms with Crippen molar-refractivity contribution in [1.82, 2.24) is 9.55 Å². The number of aryl methyl sites for hydroxylation is 2. The summed E-state index contributed by atoms with van der Waals surface area (Å²) in [6.07, 6.45) is 5.45. The Morgan fingerprint density at radius 3 is 2.92 bits per heavy atom. The quantitative estimate of drug-likeness (QED) is 0.737. The Morgan fingerprint density at radius 1 is 1.67 bits per heavy atom. The van der Waals surface area contributed by atoms with E-state index in [4.69, 9.17) is 5.11 Å². The van der Waals surface area contributed by atoms with Gasteiger partial charge in [-0.05, 0) is 26.7 Å². The third-order valence-electron chi connectivity index (χ3n) is 1.94. The molecule has 0 spiro atoms. The van der Waals surface area contributed by atoms with Crippen LogP contribution in [-0.4, -0.2) is 20.8 Å². The van der Waals surface area contributed by atoms with Crippen LogP contribution in [0.5, 0.6) is 0 Å². The molecule has 0 saturated heterocycles. The summed E-state index contributed by atoms with van der Waals surface area (Å²) in [6, 6.07) is 0. The largest absolute Gasteiger partial charge is 0.393 e. The lowest BCUT2D eigenvalue weighted by molar-refractivity contribution is 0.179. The minimum Gasteiger partial charge on any atom is -0.393 e. The van der Waals surface area contributed by atoms with Crippen molar-refractivity contribution in [2.75, 3.05) is 0 Å². The van der Waals surface area contributed by atoms with Gasteiger partial charge in [0.1, 0.15) is 5.82 Å². The standard InChI is InChI=1S/C9H16N2O/c1-8(12)4-3-6-11-7-5-10-9(11)2/h5,7-8,12H,3-4,6H2,1-2H3. The van der Waals surface area contributed by atoms with Crippen molar-refractivity contribution in [2.24, 2.45) is 0 Å². The second-order valence-corrected chi connectivity index (χ2v) is 3.16. The third-order valence-corrected chi connectivity index (χ3v) is 1.94. The fourth-order valence-electron chi connectivity index (χ4n) is 1.20. The highest BCUT2D eigenvalue weighted by Gasteiger charge is 1.98. The topological polar surface area (TPSA) is 38.0 Å². The van der Waals surface area contributed by atoms with E-state index in [0.717, 1.165) is 25.2 Å². The first-order valence-corrected chi connectivity index (χ1v) is 4.36. The van der Waals surface area contributed by atoms with E-state index in [9.17, 15) is 0 Å². The monoisotopic (exact) mass is 168 g/mol. The number of nitrogens with zero attached hydrogens (tertiary/aromatic N) is 2. The molecule has 12 heavy (non-hydrogen) atoms. The van der Waals surface area contributed by atoms with Gasteiger partial charge in [0.2, 0.25) is 0 Å². The van der Waals surface area contributed by atoms with Gasteiger partial charge in [0.05, 0.1) is 6.10 Å². The summed E-state index contributed by atoms with van der Waals surface area (Å²) in [7, 11) is 0. The van der Waals surface area contributed by atoms with Gasteiger partial charge in [0.15, 0.2) is 0 Å². The predicted molar refractivity (Wildman–Crippen MR) is 47.9 cm³/mol. The SMILES string of the molecule is Cc1nccn1CCCC(C)O. The molecule has 0 aliphatic carbocycles. The maximum atomic E-state index is 9.03. The zero-order valence-electron chi connectivity index (χ0n) is 7.70. The normalized spacial score (nSPS) is 13.2. The highest BCUT2D eigenvalue weighted by Crippen LogP contribution is 2.01. The van der Waals surface area contributed by atoms with E-state index >= 15 is 0 Å².